The second-order valence-electron chi connectivity index (χ2n) is 11.6. The predicted octanol–water partition coefficient (Wildman–Crippen LogP) is 3.64. The summed E-state index contributed by atoms with van der Waals surface area (Å²) in [5.41, 5.74) is -3.12. The number of carbonyl (C=O) groups is 4. The number of epoxide rings is 1. The summed E-state index contributed by atoms with van der Waals surface area (Å²) in [7, 11) is 0. The van der Waals surface area contributed by atoms with E-state index in [9.17, 15) is 24.3 Å². The molecule has 0 aromatic carbocycles. The van der Waals surface area contributed by atoms with Crippen LogP contribution in [0.15, 0.2) is 34.9 Å². The van der Waals surface area contributed by atoms with Crippen LogP contribution in [0.3, 0.4) is 0 Å². The average Bonchev–Trinajstić information content (AvgIpc) is 3.46. The predicted molar refractivity (Wildman–Crippen MR) is 144 cm³/mol. The van der Waals surface area contributed by atoms with Crippen LogP contribution in [0.1, 0.15) is 81.6 Å². The van der Waals surface area contributed by atoms with Gasteiger partial charge in [0.25, 0.3) is 0 Å². The van der Waals surface area contributed by atoms with Gasteiger partial charge >= 0.3 is 23.9 Å². The molecule has 0 saturated carbocycles. The van der Waals surface area contributed by atoms with Crippen LogP contribution in [0.5, 0.6) is 0 Å². The minimum Gasteiger partial charge on any atom is -0.459 e. The lowest BCUT2D eigenvalue weighted by molar-refractivity contribution is -0.190. The van der Waals surface area contributed by atoms with Crippen LogP contribution in [0.25, 0.3) is 0 Å². The molecule has 0 radical (unpaired) electrons. The van der Waals surface area contributed by atoms with Crippen LogP contribution in [-0.4, -0.2) is 70.2 Å². The molecule has 40 heavy (non-hydrogen) atoms. The first-order chi connectivity index (χ1) is 18.5. The van der Waals surface area contributed by atoms with E-state index in [0.717, 1.165) is 12.0 Å². The quantitative estimate of drug-likeness (QED) is 0.161. The third-order valence-electron chi connectivity index (χ3n) is 8.49. The molecule has 2 fully saturated rings. The average molecular weight is 563 g/mol. The SMILES string of the molecule is C/C=C(/C)C(=O)O[C@H](C)[C@](C)(O)C(=O)O[C@@H]1/C=C(\C)CC[C@H]2O[C@]2(C)C[C@H]2OC(=O)[C@](C)(OC(=O)/C(C)=C\C)[C@H]12. The molecule has 0 unspecified atom stereocenters. The maximum Gasteiger partial charge on any atom is 0.351 e. The van der Waals surface area contributed by atoms with Crippen molar-refractivity contribution in [2.75, 3.05) is 0 Å². The standard InChI is InChI=1S/C30H42O10/c1-10-17(4)24(31)36-19(6)29(8,35)26(33)37-20-14-16(3)12-13-22-28(7,39-22)15-21-23(20)30(9,27(34)38-21)40-25(32)18(5)11-2/h10-11,14,19-23,35H,12-13,15H2,1-9H3/b16-14+,17-10-,18-11-/t19-,20-,21-,22-,23-,28-,29+,30-/m1/s1. The Morgan fingerprint density at radius 1 is 1.15 bits per heavy atom. The Labute approximate surface area is 235 Å². The van der Waals surface area contributed by atoms with Crippen molar-refractivity contribution in [3.8, 4) is 0 Å². The van der Waals surface area contributed by atoms with Crippen LogP contribution < -0.4 is 0 Å². The van der Waals surface area contributed by atoms with E-state index in [4.69, 9.17) is 23.7 Å². The molecular formula is C30H42O10. The third kappa shape index (κ3) is 6.17. The topological polar surface area (TPSA) is 138 Å². The van der Waals surface area contributed by atoms with Crippen molar-refractivity contribution in [2.24, 2.45) is 5.92 Å². The molecule has 0 amide bonds. The summed E-state index contributed by atoms with van der Waals surface area (Å²) in [5.74, 6) is -4.17. The van der Waals surface area contributed by atoms with Gasteiger partial charge in [-0.2, -0.15) is 0 Å². The van der Waals surface area contributed by atoms with E-state index in [-0.39, 0.29) is 6.10 Å². The molecule has 1 aliphatic carbocycles. The van der Waals surface area contributed by atoms with Crippen molar-refractivity contribution in [1.82, 2.24) is 0 Å². The maximum absolute atomic E-state index is 13.5. The van der Waals surface area contributed by atoms with Gasteiger partial charge in [-0.25, -0.2) is 19.2 Å². The zero-order chi connectivity index (χ0) is 30.2. The monoisotopic (exact) mass is 562 g/mol. The number of hydrogen-bond donors (Lipinski definition) is 1. The number of fused-ring (bicyclic) bond motifs is 2. The summed E-state index contributed by atoms with van der Waals surface area (Å²) in [6, 6.07) is 0. The molecule has 0 bridgehead atoms. The van der Waals surface area contributed by atoms with Crippen LogP contribution in [0.4, 0.5) is 0 Å². The minimum absolute atomic E-state index is 0.0223. The van der Waals surface area contributed by atoms with Crippen molar-refractivity contribution in [3.63, 3.8) is 0 Å². The highest BCUT2D eigenvalue weighted by molar-refractivity contribution is 5.92. The minimum atomic E-state index is -2.23. The molecule has 0 spiro atoms. The number of allylic oxidation sites excluding steroid dienone is 3. The van der Waals surface area contributed by atoms with Crippen LogP contribution in [0.2, 0.25) is 0 Å². The van der Waals surface area contributed by atoms with Gasteiger partial charge in [0.1, 0.15) is 18.3 Å². The second-order valence-corrected chi connectivity index (χ2v) is 11.6. The van der Waals surface area contributed by atoms with Crippen LogP contribution >= 0.6 is 0 Å². The Morgan fingerprint density at radius 2 is 1.75 bits per heavy atom. The van der Waals surface area contributed by atoms with Crippen molar-refractivity contribution >= 4 is 23.9 Å². The molecule has 0 aromatic heterocycles. The van der Waals surface area contributed by atoms with Gasteiger partial charge in [0, 0.05) is 17.6 Å². The van der Waals surface area contributed by atoms with E-state index in [1.54, 1.807) is 45.9 Å². The lowest BCUT2D eigenvalue weighted by Gasteiger charge is -2.36. The van der Waals surface area contributed by atoms with Crippen molar-refractivity contribution in [2.45, 2.75) is 123 Å². The molecule has 2 aliphatic heterocycles. The highest BCUT2D eigenvalue weighted by atomic mass is 16.6. The molecular weight excluding hydrogens is 520 g/mol. The summed E-state index contributed by atoms with van der Waals surface area (Å²) in [5, 5.41) is 11.1. The molecule has 222 valence electrons. The summed E-state index contributed by atoms with van der Waals surface area (Å²) < 4.78 is 28.7. The molecule has 0 aromatic rings. The first kappa shape index (κ1) is 31.5. The van der Waals surface area contributed by atoms with Crippen molar-refractivity contribution in [3.05, 3.63) is 34.9 Å². The van der Waals surface area contributed by atoms with Gasteiger partial charge in [-0.3, -0.25) is 0 Å². The highest BCUT2D eigenvalue weighted by Gasteiger charge is 2.65. The Kier molecular flexibility index (Phi) is 9.06. The van der Waals surface area contributed by atoms with Crippen LogP contribution in [-0.2, 0) is 42.9 Å². The van der Waals surface area contributed by atoms with E-state index in [0.29, 0.717) is 24.0 Å². The molecule has 8 atom stereocenters. The van der Waals surface area contributed by atoms with Gasteiger partial charge in [0.05, 0.1) is 17.6 Å². The first-order valence-electron chi connectivity index (χ1n) is 13.7. The van der Waals surface area contributed by atoms with Gasteiger partial charge in [-0.05, 0) is 81.2 Å². The van der Waals surface area contributed by atoms with Gasteiger partial charge in [0.15, 0.2) is 5.60 Å². The molecule has 1 N–H and O–H groups in total. The normalized spacial score (nSPS) is 36.0. The molecule has 3 rings (SSSR count). The zero-order valence-electron chi connectivity index (χ0n) is 24.9. The fraction of sp³-hybridized carbons (Fsp3) is 0.667. The van der Waals surface area contributed by atoms with E-state index in [1.165, 1.54) is 20.8 Å². The molecule has 10 nitrogen and oxygen atoms in total. The third-order valence-corrected chi connectivity index (χ3v) is 8.49. The number of aliphatic hydroxyl groups is 1. The van der Waals surface area contributed by atoms with Gasteiger partial charge in [-0.15, -0.1) is 0 Å². The molecule has 2 saturated heterocycles. The lowest BCUT2D eigenvalue weighted by atomic mass is 9.77. The van der Waals surface area contributed by atoms with Crippen molar-refractivity contribution in [1.29, 1.82) is 0 Å². The van der Waals surface area contributed by atoms with Gasteiger partial charge in [-0.1, -0.05) is 17.7 Å². The van der Waals surface area contributed by atoms with Crippen LogP contribution in [0, 0.1) is 5.92 Å². The maximum atomic E-state index is 13.5. The molecule has 10 heteroatoms. The number of hydrogen-bond acceptors (Lipinski definition) is 10. The highest BCUT2D eigenvalue weighted by Crippen LogP contribution is 2.50. The second kappa shape index (κ2) is 11.5. The summed E-state index contributed by atoms with van der Waals surface area (Å²) in [6.45, 7) is 14.3. The van der Waals surface area contributed by atoms with Gasteiger partial charge in [0.2, 0.25) is 5.60 Å². The Balaban J connectivity index is 2.01. The zero-order valence-corrected chi connectivity index (χ0v) is 24.9. The van der Waals surface area contributed by atoms with E-state index in [2.05, 4.69) is 0 Å². The van der Waals surface area contributed by atoms with E-state index >= 15 is 0 Å². The summed E-state index contributed by atoms with van der Waals surface area (Å²) >= 11 is 0. The number of rotatable bonds is 7. The Bertz CT molecular complexity index is 1150. The Hall–Kier alpha value is -2.98. The number of esters is 4. The summed E-state index contributed by atoms with van der Waals surface area (Å²) in [6.07, 6.45) is 3.27. The number of ether oxygens (including phenoxy) is 5. The largest absolute Gasteiger partial charge is 0.459 e. The Morgan fingerprint density at radius 3 is 2.35 bits per heavy atom. The lowest BCUT2D eigenvalue weighted by Crippen LogP contribution is -2.54. The van der Waals surface area contributed by atoms with Gasteiger partial charge < -0.3 is 28.8 Å². The molecule has 3 aliphatic rings. The first-order valence-corrected chi connectivity index (χ1v) is 13.7. The number of carbonyl (C=O) groups excluding carboxylic acids is 4. The summed E-state index contributed by atoms with van der Waals surface area (Å²) in [4.78, 5) is 51.9. The molecule has 2 heterocycles. The van der Waals surface area contributed by atoms with E-state index < -0.39 is 64.9 Å². The smallest absolute Gasteiger partial charge is 0.351 e. The van der Waals surface area contributed by atoms with E-state index in [1.807, 2.05) is 13.8 Å². The van der Waals surface area contributed by atoms with Crippen molar-refractivity contribution < 1.29 is 48.0 Å². The fourth-order valence-electron chi connectivity index (χ4n) is 5.08. The fourth-order valence-corrected chi connectivity index (χ4v) is 5.08.